The van der Waals surface area contributed by atoms with E-state index in [1.165, 1.54) is 6.20 Å². The highest BCUT2D eigenvalue weighted by atomic mass is 16.2. The zero-order valence-corrected chi connectivity index (χ0v) is 14.0. The summed E-state index contributed by atoms with van der Waals surface area (Å²) in [7, 11) is 0. The van der Waals surface area contributed by atoms with Crippen LogP contribution in [0.25, 0.3) is 5.82 Å². The first kappa shape index (κ1) is 17.5. The maximum atomic E-state index is 11.9. The maximum absolute atomic E-state index is 11.9. The van der Waals surface area contributed by atoms with Gasteiger partial charge in [-0.2, -0.15) is 5.10 Å². The summed E-state index contributed by atoms with van der Waals surface area (Å²) in [4.78, 5) is 28.1. The Balaban J connectivity index is 1.87. The van der Waals surface area contributed by atoms with Crippen LogP contribution in [0.5, 0.6) is 0 Å². The number of hydrogen-bond acceptors (Lipinski definition) is 4. The molecule has 0 aromatic carbocycles. The number of pyridine rings is 1. The molecule has 24 heavy (non-hydrogen) atoms. The minimum atomic E-state index is -0.629. The first-order valence-corrected chi connectivity index (χ1v) is 7.83. The van der Waals surface area contributed by atoms with E-state index >= 15 is 0 Å². The lowest BCUT2D eigenvalue weighted by Crippen LogP contribution is -2.48. The Labute approximate surface area is 140 Å². The van der Waals surface area contributed by atoms with Gasteiger partial charge in [-0.05, 0) is 38.5 Å². The molecule has 3 N–H and O–H groups in total. The molecule has 0 bridgehead atoms. The number of amides is 3. The van der Waals surface area contributed by atoms with Gasteiger partial charge in [-0.15, -0.1) is 0 Å². The number of nitrogens with zero attached hydrogens (tertiary/aromatic N) is 3. The number of urea groups is 1. The average Bonchev–Trinajstić information content (AvgIpc) is 3.09. The fraction of sp³-hybridized carbons (Fsp3) is 0.375. The molecule has 0 aliphatic rings. The molecule has 0 aliphatic carbocycles. The predicted octanol–water partition coefficient (Wildman–Crippen LogP) is 1.69. The van der Waals surface area contributed by atoms with Crippen LogP contribution in [0.3, 0.4) is 0 Å². The zero-order valence-electron chi connectivity index (χ0n) is 14.0. The monoisotopic (exact) mass is 330 g/mol. The lowest BCUT2D eigenvalue weighted by molar-refractivity contribution is -0.123. The van der Waals surface area contributed by atoms with Crippen LogP contribution in [0.2, 0.25) is 0 Å². The van der Waals surface area contributed by atoms with Crippen molar-refractivity contribution in [2.75, 3.05) is 5.32 Å². The highest BCUT2D eigenvalue weighted by Crippen LogP contribution is 2.08. The van der Waals surface area contributed by atoms with Gasteiger partial charge < -0.3 is 16.0 Å². The van der Waals surface area contributed by atoms with E-state index in [1.807, 2.05) is 13.8 Å². The smallest absolute Gasteiger partial charge is 0.319 e. The summed E-state index contributed by atoms with van der Waals surface area (Å²) < 4.78 is 1.62. The van der Waals surface area contributed by atoms with E-state index < -0.39 is 12.1 Å². The highest BCUT2D eigenvalue weighted by Gasteiger charge is 2.16. The number of aromatic nitrogens is 3. The average molecular weight is 330 g/mol. The Bertz CT molecular complexity index is 668. The van der Waals surface area contributed by atoms with E-state index in [0.717, 1.165) is 6.42 Å². The van der Waals surface area contributed by atoms with Crippen molar-refractivity contribution in [1.29, 1.82) is 0 Å². The fourth-order valence-corrected chi connectivity index (χ4v) is 1.90. The third kappa shape index (κ3) is 4.80. The van der Waals surface area contributed by atoms with Crippen LogP contribution >= 0.6 is 0 Å². The van der Waals surface area contributed by atoms with Crippen molar-refractivity contribution < 1.29 is 9.59 Å². The molecule has 0 fully saturated rings. The van der Waals surface area contributed by atoms with Crippen molar-refractivity contribution in [3.05, 3.63) is 36.8 Å². The van der Waals surface area contributed by atoms with Crippen molar-refractivity contribution in [1.82, 2.24) is 25.4 Å². The minimum absolute atomic E-state index is 0.0730. The number of hydrogen-bond donors (Lipinski definition) is 3. The summed E-state index contributed by atoms with van der Waals surface area (Å²) >= 11 is 0. The third-order valence-electron chi connectivity index (χ3n) is 3.49. The number of nitrogens with one attached hydrogen (secondary N) is 3. The van der Waals surface area contributed by atoms with Gasteiger partial charge in [0.05, 0.1) is 11.9 Å². The molecule has 2 aromatic heterocycles. The fourth-order valence-electron chi connectivity index (χ4n) is 1.90. The summed E-state index contributed by atoms with van der Waals surface area (Å²) in [6.45, 7) is 5.53. The van der Waals surface area contributed by atoms with Crippen LogP contribution in [0, 0.1) is 0 Å². The Morgan fingerprint density at radius 3 is 2.62 bits per heavy atom. The molecule has 8 nitrogen and oxygen atoms in total. The Kier molecular flexibility index (Phi) is 5.89. The van der Waals surface area contributed by atoms with Gasteiger partial charge in [0.25, 0.3) is 0 Å². The van der Waals surface area contributed by atoms with E-state index in [2.05, 4.69) is 26.0 Å². The summed E-state index contributed by atoms with van der Waals surface area (Å²) in [6.07, 6.45) is 5.80. The molecular formula is C16H22N6O2. The molecule has 0 unspecified atom stereocenters. The Hall–Kier alpha value is -2.90. The summed E-state index contributed by atoms with van der Waals surface area (Å²) in [5.41, 5.74) is 0.526. The van der Waals surface area contributed by atoms with E-state index in [1.54, 1.807) is 42.2 Å². The summed E-state index contributed by atoms with van der Waals surface area (Å²) in [5, 5.41) is 12.1. The molecule has 0 saturated carbocycles. The molecule has 2 heterocycles. The molecular weight excluding hydrogens is 308 g/mol. The topological polar surface area (TPSA) is 101 Å². The number of carbonyl (C=O) groups is 2. The highest BCUT2D eigenvalue weighted by molar-refractivity contribution is 5.93. The maximum Gasteiger partial charge on any atom is 0.319 e. The second kappa shape index (κ2) is 8.09. The van der Waals surface area contributed by atoms with Crippen molar-refractivity contribution in [3.8, 4) is 5.82 Å². The van der Waals surface area contributed by atoms with E-state index in [-0.39, 0.29) is 11.9 Å². The van der Waals surface area contributed by atoms with Gasteiger partial charge in [0.1, 0.15) is 6.04 Å². The normalized spacial score (nSPS) is 13.0. The molecule has 2 rings (SSSR count). The summed E-state index contributed by atoms with van der Waals surface area (Å²) in [5.74, 6) is 0.430. The second-order valence-corrected chi connectivity index (χ2v) is 5.49. The van der Waals surface area contributed by atoms with Crippen molar-refractivity contribution in [3.63, 3.8) is 0 Å². The van der Waals surface area contributed by atoms with Gasteiger partial charge >= 0.3 is 6.03 Å². The van der Waals surface area contributed by atoms with Crippen LogP contribution in [0.15, 0.2) is 36.8 Å². The standard InChI is InChI=1S/C16H22N6O2/c1-4-11(2)19-15(23)12(3)20-16(24)21-13-6-7-14(17-10-13)22-9-5-8-18-22/h5-12H,4H2,1-3H3,(H,19,23)(H2,20,21,24)/t11-,12-/m0/s1. The Morgan fingerprint density at radius 1 is 1.25 bits per heavy atom. The van der Waals surface area contributed by atoms with Crippen LogP contribution in [0.1, 0.15) is 27.2 Å². The van der Waals surface area contributed by atoms with Crippen molar-refractivity contribution in [2.24, 2.45) is 0 Å². The molecule has 128 valence electrons. The molecule has 0 aliphatic heterocycles. The summed E-state index contributed by atoms with van der Waals surface area (Å²) in [6, 6.07) is 4.23. The number of carbonyl (C=O) groups excluding carboxylic acids is 2. The first-order valence-electron chi connectivity index (χ1n) is 7.83. The van der Waals surface area contributed by atoms with Crippen LogP contribution in [0.4, 0.5) is 10.5 Å². The largest absolute Gasteiger partial charge is 0.352 e. The molecule has 2 aromatic rings. The lowest BCUT2D eigenvalue weighted by atomic mass is 10.2. The van der Waals surface area contributed by atoms with Crippen LogP contribution in [-0.2, 0) is 4.79 Å². The lowest BCUT2D eigenvalue weighted by Gasteiger charge is -2.17. The van der Waals surface area contributed by atoms with Gasteiger partial charge in [0, 0.05) is 18.4 Å². The molecule has 0 radical (unpaired) electrons. The quantitative estimate of drug-likeness (QED) is 0.750. The van der Waals surface area contributed by atoms with E-state index in [4.69, 9.17) is 0 Å². The number of anilines is 1. The molecule has 0 saturated heterocycles. The van der Waals surface area contributed by atoms with Crippen molar-refractivity contribution in [2.45, 2.75) is 39.3 Å². The van der Waals surface area contributed by atoms with Gasteiger partial charge in [0.2, 0.25) is 5.91 Å². The second-order valence-electron chi connectivity index (χ2n) is 5.49. The van der Waals surface area contributed by atoms with Gasteiger partial charge in [-0.25, -0.2) is 14.5 Å². The SMILES string of the molecule is CC[C@H](C)NC(=O)[C@H](C)NC(=O)Nc1ccc(-n2cccn2)nc1. The predicted molar refractivity (Wildman–Crippen MR) is 90.9 cm³/mol. The van der Waals surface area contributed by atoms with Crippen molar-refractivity contribution >= 4 is 17.6 Å². The molecule has 3 amide bonds. The minimum Gasteiger partial charge on any atom is -0.352 e. The van der Waals surface area contributed by atoms with E-state index in [9.17, 15) is 9.59 Å². The van der Waals surface area contributed by atoms with Crippen LogP contribution < -0.4 is 16.0 Å². The third-order valence-corrected chi connectivity index (χ3v) is 3.49. The zero-order chi connectivity index (χ0) is 17.5. The first-order chi connectivity index (χ1) is 11.5. The van der Waals surface area contributed by atoms with Gasteiger partial charge in [0.15, 0.2) is 5.82 Å². The molecule has 8 heteroatoms. The molecule has 0 spiro atoms. The van der Waals surface area contributed by atoms with Gasteiger partial charge in [-0.1, -0.05) is 6.92 Å². The number of rotatable bonds is 6. The Morgan fingerprint density at radius 2 is 2.04 bits per heavy atom. The van der Waals surface area contributed by atoms with Crippen LogP contribution in [-0.4, -0.2) is 38.8 Å². The van der Waals surface area contributed by atoms with Gasteiger partial charge in [-0.3, -0.25) is 4.79 Å². The van der Waals surface area contributed by atoms with E-state index in [0.29, 0.717) is 11.5 Å². The molecule has 2 atom stereocenters.